The zero-order valence-corrected chi connectivity index (χ0v) is 28.7. The van der Waals surface area contributed by atoms with Crippen LogP contribution in [0.1, 0.15) is 0 Å². The number of fused-ring (bicyclic) bond motifs is 10. The lowest BCUT2D eigenvalue weighted by Crippen LogP contribution is -2.37. The third kappa shape index (κ3) is 4.14. The van der Waals surface area contributed by atoms with Gasteiger partial charge in [0.25, 0.3) is 0 Å². The fourth-order valence-electron chi connectivity index (χ4n) is 7.91. The molecule has 0 N–H and O–H groups in total. The van der Waals surface area contributed by atoms with Gasteiger partial charge in [0.1, 0.15) is 11.2 Å². The van der Waals surface area contributed by atoms with Gasteiger partial charge in [-0.25, -0.2) is 0 Å². The summed E-state index contributed by atoms with van der Waals surface area (Å²) in [5.41, 5.74) is 11.3. The van der Waals surface area contributed by atoms with Gasteiger partial charge < -0.3 is 13.6 Å². The summed E-state index contributed by atoms with van der Waals surface area (Å²) in [5.74, 6) is 0. The number of hydrogen-bond donors (Lipinski definition) is 0. The van der Waals surface area contributed by atoms with Crippen LogP contribution in [0.4, 0.5) is 0 Å². The molecule has 0 spiro atoms. The van der Waals surface area contributed by atoms with Crippen LogP contribution in [-0.4, -0.2) is 17.2 Å². The Kier molecular flexibility index (Phi) is 5.94. The maximum atomic E-state index is 6.41. The fourth-order valence-corrected chi connectivity index (χ4v) is 9.08. The van der Waals surface area contributed by atoms with Crippen molar-refractivity contribution < 1.29 is 4.42 Å². The molecule has 3 aromatic heterocycles. The molecule has 10 aromatic rings. The predicted molar refractivity (Wildman–Crippen MR) is 211 cm³/mol. The van der Waals surface area contributed by atoms with E-state index in [0.29, 0.717) is 0 Å². The molecule has 49 heavy (non-hydrogen) atoms. The van der Waals surface area contributed by atoms with Gasteiger partial charge in [-0.05, 0) is 48.0 Å². The Morgan fingerprint density at radius 3 is 1.53 bits per heavy atom. The van der Waals surface area contributed by atoms with Gasteiger partial charge in [0, 0.05) is 49.3 Å². The first-order chi connectivity index (χ1) is 24.0. The predicted octanol–water partition coefficient (Wildman–Crippen LogP) is 12.0. The number of para-hydroxylation sites is 4. The third-order valence-corrected chi connectivity index (χ3v) is 12.4. The second-order valence-corrected chi connectivity index (χ2v) is 19.3. The van der Waals surface area contributed by atoms with E-state index in [1.165, 1.54) is 54.5 Å². The lowest BCUT2D eigenvalue weighted by molar-refractivity contribution is 0.670. The van der Waals surface area contributed by atoms with Gasteiger partial charge in [0.05, 0.1) is 30.1 Å². The highest BCUT2D eigenvalue weighted by Gasteiger charge is 2.22. The lowest BCUT2D eigenvalue weighted by atomic mass is 10.0. The molecule has 0 atom stereocenters. The van der Waals surface area contributed by atoms with Gasteiger partial charge in [0.2, 0.25) is 0 Å². The van der Waals surface area contributed by atoms with Crippen LogP contribution in [0.15, 0.2) is 156 Å². The van der Waals surface area contributed by atoms with Crippen molar-refractivity contribution in [1.29, 1.82) is 0 Å². The molecule has 0 radical (unpaired) electrons. The maximum Gasteiger partial charge on any atom is 0.143 e. The van der Waals surface area contributed by atoms with E-state index in [4.69, 9.17) is 4.42 Å². The van der Waals surface area contributed by atoms with Gasteiger partial charge in [0.15, 0.2) is 0 Å². The van der Waals surface area contributed by atoms with Gasteiger partial charge in [-0.2, -0.15) is 0 Å². The molecule has 0 bridgehead atoms. The van der Waals surface area contributed by atoms with Gasteiger partial charge in [-0.1, -0.05) is 134 Å². The quantitative estimate of drug-likeness (QED) is 0.175. The van der Waals surface area contributed by atoms with Crippen molar-refractivity contribution in [3.63, 3.8) is 0 Å². The van der Waals surface area contributed by atoms with Crippen molar-refractivity contribution in [2.24, 2.45) is 0 Å². The highest BCUT2D eigenvalue weighted by atomic mass is 28.3. The van der Waals surface area contributed by atoms with Crippen LogP contribution in [-0.2, 0) is 0 Å². The smallest absolute Gasteiger partial charge is 0.143 e. The van der Waals surface area contributed by atoms with Crippen LogP contribution in [0.5, 0.6) is 0 Å². The summed E-state index contributed by atoms with van der Waals surface area (Å²) < 4.78 is 11.3. The zero-order chi connectivity index (χ0) is 32.9. The number of furan rings is 1. The molecule has 0 saturated carbocycles. The molecule has 0 saturated heterocycles. The number of benzene rings is 7. The van der Waals surface area contributed by atoms with E-state index in [1.54, 1.807) is 0 Å². The molecule has 4 heteroatoms. The SMILES string of the molecule is C[Si](C)(C)c1ccc(-n2c3ccccc3c3ccc4c5ccccc5n(-c5ccc(-c6cccc7c6oc6ccccc67)cc5)c4c32)cc1. The van der Waals surface area contributed by atoms with Crippen molar-refractivity contribution in [2.75, 3.05) is 0 Å². The zero-order valence-electron chi connectivity index (χ0n) is 27.7. The second kappa shape index (κ2) is 10.3. The Balaban J connectivity index is 1.24. The van der Waals surface area contributed by atoms with Crippen molar-refractivity contribution in [3.8, 4) is 22.5 Å². The summed E-state index contributed by atoms with van der Waals surface area (Å²) >= 11 is 0. The summed E-state index contributed by atoms with van der Waals surface area (Å²) in [6, 6.07) is 55.3. The molecule has 3 heterocycles. The van der Waals surface area contributed by atoms with Crippen LogP contribution < -0.4 is 5.19 Å². The van der Waals surface area contributed by atoms with E-state index in [0.717, 1.165) is 38.8 Å². The maximum absolute atomic E-state index is 6.41. The minimum absolute atomic E-state index is 0.918. The Labute approximate surface area is 285 Å². The molecule has 7 aromatic carbocycles. The molecule has 0 aliphatic heterocycles. The minimum Gasteiger partial charge on any atom is -0.455 e. The van der Waals surface area contributed by atoms with Crippen molar-refractivity contribution in [3.05, 3.63) is 152 Å². The van der Waals surface area contributed by atoms with Crippen LogP contribution in [0, 0.1) is 0 Å². The third-order valence-electron chi connectivity index (χ3n) is 10.3. The Bertz CT molecular complexity index is 2900. The summed E-state index contributed by atoms with van der Waals surface area (Å²) in [6.07, 6.45) is 0. The van der Waals surface area contributed by atoms with Crippen molar-refractivity contribution in [2.45, 2.75) is 19.6 Å². The molecule has 3 nitrogen and oxygen atoms in total. The number of hydrogen-bond acceptors (Lipinski definition) is 1. The molecule has 0 aliphatic rings. The van der Waals surface area contributed by atoms with E-state index >= 15 is 0 Å². The van der Waals surface area contributed by atoms with Gasteiger partial charge >= 0.3 is 0 Å². The fraction of sp³-hybridized carbons (Fsp3) is 0.0667. The molecule has 0 unspecified atom stereocenters. The first-order valence-corrected chi connectivity index (χ1v) is 20.5. The lowest BCUT2D eigenvalue weighted by Gasteiger charge is -2.18. The number of aromatic nitrogens is 2. The topological polar surface area (TPSA) is 23.0 Å². The van der Waals surface area contributed by atoms with E-state index in [-0.39, 0.29) is 0 Å². The Morgan fingerprint density at radius 2 is 0.939 bits per heavy atom. The highest BCUT2D eigenvalue weighted by molar-refractivity contribution is 6.88. The van der Waals surface area contributed by atoms with E-state index < -0.39 is 8.07 Å². The van der Waals surface area contributed by atoms with Crippen LogP contribution in [0.25, 0.3) is 88.1 Å². The molecule has 0 aliphatic carbocycles. The molecular formula is C45H34N2OSi. The standard InChI is InChI=1S/C45H34N2OSi/c1-49(2,3)32-25-23-31(24-26-32)47-41-17-8-5-12-35(41)38-28-27-37-34-11-4-7-16-40(34)46(43(37)44(38)47)30-21-19-29(20-22-30)33-14-10-15-39-36-13-6-9-18-42(36)48-45(33)39/h4-28H,1-3H3. The first kappa shape index (κ1) is 28.2. The van der Waals surface area contributed by atoms with E-state index in [2.05, 4.69) is 168 Å². The number of rotatable bonds is 4. The van der Waals surface area contributed by atoms with Crippen molar-refractivity contribution >= 4 is 78.8 Å². The average molecular weight is 647 g/mol. The molecular weight excluding hydrogens is 613 g/mol. The summed E-state index contributed by atoms with van der Waals surface area (Å²) in [5, 5.41) is 8.79. The van der Waals surface area contributed by atoms with Crippen LogP contribution in [0.2, 0.25) is 19.6 Å². The summed E-state index contributed by atoms with van der Waals surface area (Å²) in [6.45, 7) is 7.23. The highest BCUT2D eigenvalue weighted by Crippen LogP contribution is 2.42. The van der Waals surface area contributed by atoms with Crippen LogP contribution >= 0.6 is 0 Å². The molecule has 0 amide bonds. The van der Waals surface area contributed by atoms with Crippen LogP contribution in [0.3, 0.4) is 0 Å². The second-order valence-electron chi connectivity index (χ2n) is 14.2. The Morgan fingerprint density at radius 1 is 0.429 bits per heavy atom. The number of nitrogens with zero attached hydrogens (tertiary/aromatic N) is 2. The normalized spacial score (nSPS) is 12.4. The molecule has 234 valence electrons. The largest absolute Gasteiger partial charge is 0.455 e. The van der Waals surface area contributed by atoms with Gasteiger partial charge in [-0.3, -0.25) is 0 Å². The molecule has 0 fully saturated rings. The average Bonchev–Trinajstić information content (AvgIpc) is 3.79. The summed E-state index contributed by atoms with van der Waals surface area (Å²) in [7, 11) is -1.44. The van der Waals surface area contributed by atoms with E-state index in [1.807, 2.05) is 12.1 Å². The Hall–Kier alpha value is -5.84. The summed E-state index contributed by atoms with van der Waals surface area (Å²) in [4.78, 5) is 0. The minimum atomic E-state index is -1.44. The molecule has 10 rings (SSSR count). The van der Waals surface area contributed by atoms with E-state index in [9.17, 15) is 0 Å². The van der Waals surface area contributed by atoms with Crippen molar-refractivity contribution in [1.82, 2.24) is 9.13 Å². The first-order valence-electron chi connectivity index (χ1n) is 17.0. The van der Waals surface area contributed by atoms with Gasteiger partial charge in [-0.15, -0.1) is 0 Å². The monoisotopic (exact) mass is 646 g/mol.